The summed E-state index contributed by atoms with van der Waals surface area (Å²) in [6, 6.07) is 0. The van der Waals surface area contributed by atoms with Crippen molar-refractivity contribution in [1.82, 2.24) is 15.1 Å². The van der Waals surface area contributed by atoms with Crippen LogP contribution in [-0.4, -0.2) is 85.6 Å². The summed E-state index contributed by atoms with van der Waals surface area (Å²) in [5.74, 6) is 0. The molecule has 0 amide bonds. The fourth-order valence-corrected chi connectivity index (χ4v) is 2.65. The van der Waals surface area contributed by atoms with Gasteiger partial charge in [-0.1, -0.05) is 0 Å². The summed E-state index contributed by atoms with van der Waals surface area (Å²) in [7, 11) is 0. The molecule has 0 radical (unpaired) electrons. The molecule has 0 aromatic rings. The SMILES string of the molecule is NCCNCCN1CCN(CC[AsH2])CC1. The number of nitrogens with two attached hydrogens (primary N) is 1. The van der Waals surface area contributed by atoms with Gasteiger partial charge in [-0.05, 0) is 0 Å². The summed E-state index contributed by atoms with van der Waals surface area (Å²) in [6.07, 6.45) is 0. The molecule has 90 valence electrons. The Kier molecular flexibility index (Phi) is 7.66. The topological polar surface area (TPSA) is 44.5 Å². The molecular weight excluding hydrogens is 251 g/mol. The van der Waals surface area contributed by atoms with Gasteiger partial charge in [-0.2, -0.15) is 0 Å². The maximum absolute atomic E-state index is 5.42. The molecule has 1 unspecified atom stereocenters. The van der Waals surface area contributed by atoms with Crippen molar-refractivity contribution in [3.05, 3.63) is 0 Å². The van der Waals surface area contributed by atoms with E-state index >= 15 is 0 Å². The third-order valence-electron chi connectivity index (χ3n) is 2.84. The third-order valence-corrected chi connectivity index (χ3v) is 3.38. The predicted octanol–water partition coefficient (Wildman–Crippen LogP) is -1.80. The number of hydrogen-bond acceptors (Lipinski definition) is 4. The summed E-state index contributed by atoms with van der Waals surface area (Å²) >= 11 is 1.84. The standard InChI is InChI=1S/C10H25AsN4/c11-1-5-14-7-9-15(10-8-14)6-4-13-3-2-12/h13H,1-12H2. The van der Waals surface area contributed by atoms with Crippen LogP contribution in [-0.2, 0) is 0 Å². The minimum absolute atomic E-state index is 0.742. The molecule has 1 heterocycles. The van der Waals surface area contributed by atoms with E-state index in [0.717, 1.165) is 19.6 Å². The molecule has 0 aromatic heterocycles. The summed E-state index contributed by atoms with van der Waals surface area (Å²) in [4.78, 5) is 5.12. The Morgan fingerprint density at radius 2 is 1.60 bits per heavy atom. The van der Waals surface area contributed by atoms with Crippen molar-refractivity contribution < 1.29 is 0 Å². The summed E-state index contributed by atoms with van der Waals surface area (Å²) in [5.41, 5.74) is 5.42. The van der Waals surface area contributed by atoms with E-state index in [4.69, 9.17) is 5.73 Å². The molecule has 1 aliphatic rings. The molecule has 0 spiro atoms. The fraction of sp³-hybridized carbons (Fsp3) is 1.00. The van der Waals surface area contributed by atoms with Gasteiger partial charge in [0.15, 0.2) is 0 Å². The van der Waals surface area contributed by atoms with Gasteiger partial charge in [0.05, 0.1) is 0 Å². The van der Waals surface area contributed by atoms with Gasteiger partial charge in [0.2, 0.25) is 0 Å². The van der Waals surface area contributed by atoms with Gasteiger partial charge in [-0.15, -0.1) is 0 Å². The van der Waals surface area contributed by atoms with Crippen molar-refractivity contribution in [2.24, 2.45) is 5.73 Å². The van der Waals surface area contributed by atoms with Gasteiger partial charge in [0, 0.05) is 0 Å². The van der Waals surface area contributed by atoms with Crippen molar-refractivity contribution >= 4 is 16.9 Å². The van der Waals surface area contributed by atoms with Crippen LogP contribution < -0.4 is 11.1 Å². The molecule has 0 aliphatic carbocycles. The number of nitrogens with one attached hydrogen (secondary N) is 1. The van der Waals surface area contributed by atoms with Crippen LogP contribution >= 0.6 is 0 Å². The quantitative estimate of drug-likeness (QED) is 0.426. The van der Waals surface area contributed by atoms with Crippen LogP contribution in [0.1, 0.15) is 0 Å². The van der Waals surface area contributed by atoms with Gasteiger partial charge in [-0.25, -0.2) is 0 Å². The molecule has 0 aromatic carbocycles. The molecule has 0 saturated carbocycles. The Hall–Kier alpha value is 0.398. The Balaban J connectivity index is 1.99. The van der Waals surface area contributed by atoms with E-state index in [1.54, 1.807) is 0 Å². The van der Waals surface area contributed by atoms with E-state index in [2.05, 4.69) is 15.1 Å². The van der Waals surface area contributed by atoms with Crippen LogP contribution in [0.25, 0.3) is 0 Å². The Labute approximate surface area is 102 Å². The number of hydrogen-bond donors (Lipinski definition) is 2. The maximum atomic E-state index is 5.42. The van der Waals surface area contributed by atoms with Crippen molar-refractivity contribution in [1.29, 1.82) is 0 Å². The third kappa shape index (κ3) is 5.88. The van der Waals surface area contributed by atoms with E-state index in [1.807, 2.05) is 16.9 Å². The Bertz CT molecular complexity index is 146. The monoisotopic (exact) mass is 276 g/mol. The van der Waals surface area contributed by atoms with E-state index < -0.39 is 0 Å². The van der Waals surface area contributed by atoms with Crippen LogP contribution in [0.3, 0.4) is 0 Å². The molecule has 1 saturated heterocycles. The van der Waals surface area contributed by atoms with Crippen LogP contribution in [0, 0.1) is 0 Å². The van der Waals surface area contributed by atoms with Crippen LogP contribution in [0.2, 0.25) is 5.21 Å². The molecule has 15 heavy (non-hydrogen) atoms. The van der Waals surface area contributed by atoms with Crippen molar-refractivity contribution in [3.63, 3.8) is 0 Å². The Morgan fingerprint density at radius 1 is 1.00 bits per heavy atom. The van der Waals surface area contributed by atoms with Gasteiger partial charge in [-0.3, -0.25) is 0 Å². The molecule has 1 fully saturated rings. The first-order valence-electron chi connectivity index (χ1n) is 5.92. The second kappa shape index (κ2) is 8.54. The van der Waals surface area contributed by atoms with Crippen molar-refractivity contribution in [2.45, 2.75) is 5.21 Å². The first kappa shape index (κ1) is 13.5. The number of nitrogens with zero attached hydrogens (tertiary/aromatic N) is 2. The van der Waals surface area contributed by atoms with E-state index in [-0.39, 0.29) is 0 Å². The first-order valence-corrected chi connectivity index (χ1v) is 7.63. The molecule has 0 bridgehead atoms. The predicted molar refractivity (Wildman–Crippen MR) is 68.2 cm³/mol. The van der Waals surface area contributed by atoms with Gasteiger partial charge in [0.1, 0.15) is 0 Å². The van der Waals surface area contributed by atoms with Gasteiger partial charge in [0.25, 0.3) is 0 Å². The second-order valence-electron chi connectivity index (χ2n) is 4.01. The number of rotatable bonds is 7. The molecule has 4 nitrogen and oxygen atoms in total. The van der Waals surface area contributed by atoms with E-state index in [0.29, 0.717) is 0 Å². The average Bonchev–Trinajstić information content (AvgIpc) is 2.27. The van der Waals surface area contributed by atoms with Gasteiger partial charge < -0.3 is 0 Å². The molecule has 1 atom stereocenters. The second-order valence-corrected chi connectivity index (χ2v) is 5.22. The molecule has 1 rings (SSSR count). The van der Waals surface area contributed by atoms with Crippen LogP contribution in [0.4, 0.5) is 0 Å². The normalized spacial score (nSPS) is 19.6. The van der Waals surface area contributed by atoms with Gasteiger partial charge >= 0.3 is 102 Å². The molecule has 5 heteroatoms. The van der Waals surface area contributed by atoms with Crippen LogP contribution in [0.5, 0.6) is 0 Å². The molecule has 3 N–H and O–H groups in total. The molecule has 1 aliphatic heterocycles. The van der Waals surface area contributed by atoms with Crippen molar-refractivity contribution in [2.75, 3.05) is 58.9 Å². The van der Waals surface area contributed by atoms with Crippen LogP contribution in [0.15, 0.2) is 0 Å². The average molecular weight is 276 g/mol. The van der Waals surface area contributed by atoms with Crippen molar-refractivity contribution in [3.8, 4) is 0 Å². The molecular formula is C10H25AsN4. The first-order chi connectivity index (χ1) is 7.36. The zero-order chi connectivity index (χ0) is 10.9. The number of piperazine rings is 1. The summed E-state index contributed by atoms with van der Waals surface area (Å²) in [6.45, 7) is 10.2. The van der Waals surface area contributed by atoms with E-state index in [9.17, 15) is 0 Å². The fourth-order valence-electron chi connectivity index (χ4n) is 1.88. The zero-order valence-electron chi connectivity index (χ0n) is 9.62. The van der Waals surface area contributed by atoms with E-state index in [1.165, 1.54) is 44.5 Å². The Morgan fingerprint density at radius 3 is 2.13 bits per heavy atom. The zero-order valence-corrected chi connectivity index (χ0v) is 12.0. The summed E-state index contributed by atoms with van der Waals surface area (Å²) in [5, 5.41) is 4.68. The summed E-state index contributed by atoms with van der Waals surface area (Å²) < 4.78 is 0. The minimum atomic E-state index is 0.742.